The molecule has 0 spiro atoms. The fraction of sp³-hybridized carbons (Fsp3) is 0.346. The minimum absolute atomic E-state index is 0.00721. The number of carbonyl (C=O) groups is 1. The van der Waals surface area contributed by atoms with Gasteiger partial charge in [0.15, 0.2) is 11.6 Å². The number of aryl methyl sites for hydroxylation is 1. The molecular formula is C26H31F2N9O. The van der Waals surface area contributed by atoms with Gasteiger partial charge in [-0.15, -0.1) is 0 Å². The van der Waals surface area contributed by atoms with Crippen molar-refractivity contribution in [2.45, 2.75) is 33.4 Å². The van der Waals surface area contributed by atoms with E-state index in [0.717, 1.165) is 44.5 Å². The summed E-state index contributed by atoms with van der Waals surface area (Å²) >= 11 is 0. The first kappa shape index (κ1) is 27.0. The number of hydrogen-bond acceptors (Lipinski definition) is 8. The largest absolute Gasteiger partial charge is 0.372 e. The molecule has 0 radical (unpaired) electrons. The third-order valence-corrected chi connectivity index (χ3v) is 6.14. The lowest BCUT2D eigenvalue weighted by Gasteiger charge is -2.27. The fourth-order valence-electron chi connectivity index (χ4n) is 4.52. The average Bonchev–Trinajstić information content (AvgIpc) is 3.24. The van der Waals surface area contributed by atoms with Crippen LogP contribution < -0.4 is 16.4 Å². The van der Waals surface area contributed by atoms with Crippen LogP contribution in [0.25, 0.3) is 22.3 Å². The van der Waals surface area contributed by atoms with Gasteiger partial charge in [-0.25, -0.2) is 28.7 Å². The third kappa shape index (κ3) is 6.09. The number of hydrogen-bond donors (Lipinski definition) is 3. The van der Waals surface area contributed by atoms with Crippen molar-refractivity contribution in [1.29, 1.82) is 0 Å². The van der Waals surface area contributed by atoms with Crippen LogP contribution in [-0.2, 0) is 11.3 Å². The van der Waals surface area contributed by atoms with Crippen LogP contribution in [0.5, 0.6) is 0 Å². The monoisotopic (exact) mass is 523 g/mol. The van der Waals surface area contributed by atoms with Crippen molar-refractivity contribution in [3.8, 4) is 11.3 Å². The van der Waals surface area contributed by atoms with E-state index in [1.165, 1.54) is 6.07 Å². The summed E-state index contributed by atoms with van der Waals surface area (Å²) in [6.07, 6.45) is 3.14. The first-order valence-electron chi connectivity index (χ1n) is 12.3. The van der Waals surface area contributed by atoms with Gasteiger partial charge >= 0.3 is 0 Å². The number of anilines is 2. The minimum Gasteiger partial charge on any atom is -0.372 e. The van der Waals surface area contributed by atoms with Gasteiger partial charge < -0.3 is 20.9 Å². The van der Waals surface area contributed by atoms with Gasteiger partial charge in [-0.05, 0) is 44.5 Å². The van der Waals surface area contributed by atoms with E-state index in [0.29, 0.717) is 22.7 Å². The van der Waals surface area contributed by atoms with Crippen molar-refractivity contribution in [3.05, 3.63) is 59.7 Å². The van der Waals surface area contributed by atoms with Gasteiger partial charge in [0.2, 0.25) is 12.4 Å². The number of amides is 1. The molecule has 0 saturated carbocycles. The van der Waals surface area contributed by atoms with Crippen molar-refractivity contribution in [2.24, 2.45) is 5.73 Å². The molecule has 1 aliphatic heterocycles. The summed E-state index contributed by atoms with van der Waals surface area (Å²) in [6, 6.07) is 6.90. The van der Waals surface area contributed by atoms with Crippen LogP contribution in [0.1, 0.15) is 31.3 Å². The molecule has 1 amide bonds. The molecule has 4 N–H and O–H groups in total. The zero-order valence-corrected chi connectivity index (χ0v) is 21.6. The maximum Gasteiger partial charge on any atom is 0.229 e. The number of nitrogens with one attached hydrogen (secondary N) is 2. The van der Waals surface area contributed by atoms with Crippen LogP contribution in [0.2, 0.25) is 0 Å². The standard InChI is InChI=1S/C25H28F2N8.CH3NO/c1-15(2)35-16(3)31-24-19(26)10-18(11-21(24)35)23-20(27)13-30-25(33-23)32-22-5-4-17(12-29-22)14-34-8-6-28-7-9-34;2-1-3/h4-5,10-13,15,28H,6-9,14H2,1-3H3,(H,29,30,32,33);1H,(H2,2,3). The molecule has 38 heavy (non-hydrogen) atoms. The smallest absolute Gasteiger partial charge is 0.229 e. The lowest BCUT2D eigenvalue weighted by Crippen LogP contribution is -2.42. The first-order chi connectivity index (χ1) is 18.3. The number of piperazine rings is 1. The Hall–Kier alpha value is -4.03. The lowest BCUT2D eigenvalue weighted by molar-refractivity contribution is -0.106. The summed E-state index contributed by atoms with van der Waals surface area (Å²) in [4.78, 5) is 28.1. The molecule has 1 aliphatic rings. The van der Waals surface area contributed by atoms with Crippen LogP contribution in [0.3, 0.4) is 0 Å². The molecule has 10 nitrogen and oxygen atoms in total. The highest BCUT2D eigenvalue weighted by molar-refractivity contribution is 5.83. The number of halogens is 2. The molecule has 1 fully saturated rings. The highest BCUT2D eigenvalue weighted by Gasteiger charge is 2.18. The number of rotatable bonds is 6. The Morgan fingerprint density at radius 2 is 1.84 bits per heavy atom. The summed E-state index contributed by atoms with van der Waals surface area (Å²) in [7, 11) is 0. The van der Waals surface area contributed by atoms with Gasteiger partial charge in [-0.1, -0.05) is 6.07 Å². The van der Waals surface area contributed by atoms with Gasteiger partial charge in [0, 0.05) is 50.5 Å². The van der Waals surface area contributed by atoms with E-state index in [1.807, 2.05) is 43.7 Å². The Morgan fingerprint density at radius 1 is 1.11 bits per heavy atom. The minimum atomic E-state index is -0.638. The second-order valence-corrected chi connectivity index (χ2v) is 9.18. The molecule has 5 rings (SSSR count). The maximum absolute atomic E-state index is 14.9. The Bertz CT molecular complexity index is 1400. The molecule has 1 aromatic carbocycles. The Morgan fingerprint density at radius 3 is 2.50 bits per heavy atom. The molecule has 200 valence electrons. The number of imidazole rings is 1. The average molecular weight is 524 g/mol. The fourth-order valence-corrected chi connectivity index (χ4v) is 4.52. The van der Waals surface area contributed by atoms with E-state index < -0.39 is 11.6 Å². The van der Waals surface area contributed by atoms with Crippen LogP contribution in [0.15, 0.2) is 36.7 Å². The first-order valence-corrected chi connectivity index (χ1v) is 12.3. The van der Waals surface area contributed by atoms with Crippen molar-refractivity contribution in [2.75, 3.05) is 31.5 Å². The number of carbonyl (C=O) groups excluding carboxylic acids is 1. The van der Waals surface area contributed by atoms with Gasteiger partial charge in [0.25, 0.3) is 0 Å². The predicted octanol–water partition coefficient (Wildman–Crippen LogP) is 3.31. The normalized spacial score (nSPS) is 13.8. The van der Waals surface area contributed by atoms with Crippen LogP contribution in [0.4, 0.5) is 20.5 Å². The number of aromatic nitrogens is 5. The van der Waals surface area contributed by atoms with E-state index in [9.17, 15) is 8.78 Å². The number of primary amides is 1. The van der Waals surface area contributed by atoms with Gasteiger partial charge in [-0.3, -0.25) is 9.69 Å². The molecule has 0 unspecified atom stereocenters. The second kappa shape index (κ2) is 12.0. The van der Waals surface area contributed by atoms with Crippen molar-refractivity contribution < 1.29 is 13.6 Å². The SMILES string of the molecule is Cc1nc2c(F)cc(-c3nc(Nc4ccc(CN5CCNCC5)cn4)ncc3F)cc2n1C(C)C.NC=O. The summed E-state index contributed by atoms with van der Waals surface area (Å²) < 4.78 is 31.6. The van der Waals surface area contributed by atoms with Crippen molar-refractivity contribution in [1.82, 2.24) is 34.7 Å². The molecule has 1 saturated heterocycles. The zero-order chi connectivity index (χ0) is 27.2. The topological polar surface area (TPSA) is 127 Å². The third-order valence-electron chi connectivity index (χ3n) is 6.14. The summed E-state index contributed by atoms with van der Waals surface area (Å²) in [5.74, 6) is 0.262. The van der Waals surface area contributed by atoms with E-state index in [4.69, 9.17) is 4.79 Å². The number of nitrogens with zero attached hydrogens (tertiary/aromatic N) is 6. The molecule has 4 heterocycles. The van der Waals surface area contributed by atoms with E-state index in [1.54, 1.807) is 6.07 Å². The number of fused-ring (bicyclic) bond motifs is 1. The van der Waals surface area contributed by atoms with Crippen LogP contribution in [0, 0.1) is 18.6 Å². The highest BCUT2D eigenvalue weighted by atomic mass is 19.1. The molecule has 0 atom stereocenters. The summed E-state index contributed by atoms with van der Waals surface area (Å²) in [5, 5.41) is 6.37. The summed E-state index contributed by atoms with van der Waals surface area (Å²) in [5.41, 5.74) is 6.46. The predicted molar refractivity (Wildman–Crippen MR) is 142 cm³/mol. The number of nitrogens with two attached hydrogens (primary N) is 1. The van der Waals surface area contributed by atoms with E-state index in [2.05, 4.69) is 41.2 Å². The van der Waals surface area contributed by atoms with E-state index in [-0.39, 0.29) is 29.6 Å². The zero-order valence-electron chi connectivity index (χ0n) is 21.6. The molecule has 4 aromatic rings. The van der Waals surface area contributed by atoms with Crippen LogP contribution in [-0.4, -0.2) is 62.0 Å². The van der Waals surface area contributed by atoms with E-state index >= 15 is 0 Å². The van der Waals surface area contributed by atoms with Gasteiger partial charge in [0.1, 0.15) is 22.9 Å². The Labute approximate surface area is 219 Å². The number of pyridine rings is 1. The number of benzene rings is 1. The quantitative estimate of drug-likeness (QED) is 0.329. The molecule has 0 bridgehead atoms. The highest BCUT2D eigenvalue weighted by Crippen LogP contribution is 2.30. The van der Waals surface area contributed by atoms with Crippen molar-refractivity contribution in [3.63, 3.8) is 0 Å². The molecule has 0 aliphatic carbocycles. The van der Waals surface area contributed by atoms with Crippen LogP contribution >= 0.6 is 0 Å². The summed E-state index contributed by atoms with van der Waals surface area (Å²) in [6.45, 7) is 10.7. The molecule has 3 aromatic heterocycles. The van der Waals surface area contributed by atoms with Gasteiger partial charge in [0.05, 0.1) is 11.7 Å². The molecule has 12 heteroatoms. The van der Waals surface area contributed by atoms with Crippen molar-refractivity contribution >= 4 is 29.2 Å². The molecular weight excluding hydrogens is 492 g/mol. The maximum atomic E-state index is 14.9. The lowest BCUT2D eigenvalue weighted by atomic mass is 10.1. The second-order valence-electron chi connectivity index (χ2n) is 9.18. The van der Waals surface area contributed by atoms with Gasteiger partial charge in [-0.2, -0.15) is 0 Å². The Kier molecular flexibility index (Phi) is 8.54. The Balaban J connectivity index is 0.00000107.